The van der Waals surface area contributed by atoms with Crippen molar-refractivity contribution in [1.82, 2.24) is 14.5 Å². The van der Waals surface area contributed by atoms with E-state index in [1.165, 1.54) is 17.0 Å². The highest BCUT2D eigenvalue weighted by Crippen LogP contribution is 2.30. The van der Waals surface area contributed by atoms with Crippen LogP contribution in [-0.4, -0.2) is 61.1 Å². The van der Waals surface area contributed by atoms with Crippen LogP contribution in [0.2, 0.25) is 0 Å². The summed E-state index contributed by atoms with van der Waals surface area (Å²) < 4.78 is 31.6. The van der Waals surface area contributed by atoms with Gasteiger partial charge in [0.05, 0.1) is 12.7 Å². The Balaban J connectivity index is 1.71. The van der Waals surface area contributed by atoms with Crippen molar-refractivity contribution >= 4 is 27.7 Å². The second-order valence-corrected chi connectivity index (χ2v) is 10.7. The Morgan fingerprint density at radius 3 is 2.36 bits per heavy atom. The predicted octanol–water partition coefficient (Wildman–Crippen LogP) is 2.95. The van der Waals surface area contributed by atoms with Crippen molar-refractivity contribution in [2.75, 3.05) is 13.7 Å². The molecule has 2 aromatic carbocycles. The van der Waals surface area contributed by atoms with Crippen LogP contribution in [0.25, 0.3) is 0 Å². The van der Waals surface area contributed by atoms with E-state index in [4.69, 9.17) is 4.74 Å². The number of hydrogen-bond donors (Lipinski definition) is 1. The van der Waals surface area contributed by atoms with Gasteiger partial charge in [-0.2, -0.15) is 0 Å². The molecule has 0 aromatic heterocycles. The van der Waals surface area contributed by atoms with Gasteiger partial charge in [-0.25, -0.2) is 12.7 Å². The molecule has 0 fully saturated rings. The lowest BCUT2D eigenvalue weighted by atomic mass is 10.1. The quantitative estimate of drug-likeness (QED) is 0.492. The number of amides is 3. The van der Waals surface area contributed by atoms with Crippen LogP contribution in [0.1, 0.15) is 56.0 Å². The Morgan fingerprint density at radius 2 is 1.75 bits per heavy atom. The van der Waals surface area contributed by atoms with Crippen LogP contribution >= 0.6 is 0 Å². The molecule has 2 aromatic rings. The molecule has 9 nitrogen and oxygen atoms in total. The first kappa shape index (κ1) is 27.2. The average Bonchev–Trinajstić information content (AvgIpc) is 3.07. The monoisotopic (exact) mass is 515 g/mol. The third-order valence-corrected chi connectivity index (χ3v) is 8.18. The topological polar surface area (TPSA) is 113 Å². The second kappa shape index (κ2) is 11.6. The first-order valence-corrected chi connectivity index (χ1v) is 13.4. The Bertz CT molecular complexity index is 1210. The standard InChI is InChI=1S/C26H33N3O6S/c1-5-18(2)27-25(31)19(3)28(17-20-12-14-21(35-4)15-13-20)24(30)11-8-16-29-26(32)22-9-6-7-10-23(22)36(29,33)34/h6-7,9-10,12-15,18-19H,5,8,11,16-17H2,1-4H3,(H,27,31)/t18-,19+/m1/s1. The first-order chi connectivity index (χ1) is 17.1. The van der Waals surface area contributed by atoms with E-state index < -0.39 is 22.0 Å². The summed E-state index contributed by atoms with van der Waals surface area (Å²) in [5.74, 6) is -0.482. The van der Waals surface area contributed by atoms with Crippen LogP contribution in [0.3, 0.4) is 0 Å². The summed E-state index contributed by atoms with van der Waals surface area (Å²) in [5, 5.41) is 2.91. The fourth-order valence-electron chi connectivity index (χ4n) is 3.95. The molecular formula is C26H33N3O6S. The summed E-state index contributed by atoms with van der Waals surface area (Å²) in [5.41, 5.74) is 0.959. The minimum absolute atomic E-state index is 0.0159. The van der Waals surface area contributed by atoms with E-state index in [9.17, 15) is 22.8 Å². The fourth-order valence-corrected chi connectivity index (χ4v) is 5.55. The number of nitrogens with one attached hydrogen (secondary N) is 1. The maximum absolute atomic E-state index is 13.3. The zero-order chi connectivity index (χ0) is 26.5. The molecule has 36 heavy (non-hydrogen) atoms. The van der Waals surface area contributed by atoms with Crippen LogP contribution in [0.5, 0.6) is 5.75 Å². The van der Waals surface area contributed by atoms with E-state index >= 15 is 0 Å². The minimum Gasteiger partial charge on any atom is -0.497 e. The largest absolute Gasteiger partial charge is 0.497 e. The van der Waals surface area contributed by atoms with Crippen molar-refractivity contribution < 1.29 is 27.5 Å². The molecule has 1 aliphatic heterocycles. The van der Waals surface area contributed by atoms with Gasteiger partial charge in [0, 0.05) is 25.6 Å². The van der Waals surface area contributed by atoms with Crippen LogP contribution < -0.4 is 10.1 Å². The van der Waals surface area contributed by atoms with Crippen molar-refractivity contribution in [3.05, 3.63) is 59.7 Å². The van der Waals surface area contributed by atoms with E-state index in [-0.39, 0.29) is 54.2 Å². The number of hydrogen-bond acceptors (Lipinski definition) is 6. The summed E-state index contributed by atoms with van der Waals surface area (Å²) in [6.45, 7) is 5.60. The number of benzene rings is 2. The Hall–Kier alpha value is -3.40. The fraction of sp³-hybridized carbons (Fsp3) is 0.423. The average molecular weight is 516 g/mol. The normalized spacial score (nSPS) is 15.7. The van der Waals surface area contributed by atoms with Gasteiger partial charge in [0.2, 0.25) is 11.8 Å². The zero-order valence-electron chi connectivity index (χ0n) is 21.1. The van der Waals surface area contributed by atoms with E-state index in [1.54, 1.807) is 38.3 Å². The maximum atomic E-state index is 13.3. The minimum atomic E-state index is -3.93. The molecule has 0 bridgehead atoms. The molecule has 0 spiro atoms. The number of fused-ring (bicyclic) bond motifs is 1. The lowest BCUT2D eigenvalue weighted by Gasteiger charge is -2.30. The van der Waals surface area contributed by atoms with Gasteiger partial charge in [0.15, 0.2) is 0 Å². The van der Waals surface area contributed by atoms with Crippen molar-refractivity contribution in [3.63, 3.8) is 0 Å². The SMILES string of the molecule is CC[C@@H](C)NC(=O)[C@H](C)N(Cc1ccc(OC)cc1)C(=O)CCCN1C(=O)c2ccccc2S1(=O)=O. The van der Waals surface area contributed by atoms with E-state index in [1.807, 2.05) is 26.0 Å². The van der Waals surface area contributed by atoms with Crippen molar-refractivity contribution in [1.29, 1.82) is 0 Å². The predicted molar refractivity (Wildman–Crippen MR) is 135 cm³/mol. The lowest BCUT2D eigenvalue weighted by Crippen LogP contribution is -2.49. The molecule has 3 rings (SSSR count). The van der Waals surface area contributed by atoms with Crippen LogP contribution in [0.4, 0.5) is 0 Å². The van der Waals surface area contributed by atoms with Crippen LogP contribution in [0, 0.1) is 0 Å². The lowest BCUT2D eigenvalue weighted by molar-refractivity contribution is -0.141. The molecule has 0 unspecified atom stereocenters. The number of rotatable bonds is 11. The highest BCUT2D eigenvalue weighted by molar-refractivity contribution is 7.90. The molecule has 0 saturated carbocycles. The summed E-state index contributed by atoms with van der Waals surface area (Å²) in [7, 11) is -2.37. The molecule has 0 saturated heterocycles. The summed E-state index contributed by atoms with van der Waals surface area (Å²) in [6, 6.07) is 12.5. The van der Waals surface area contributed by atoms with Gasteiger partial charge >= 0.3 is 0 Å². The molecule has 1 aliphatic rings. The molecule has 0 aliphatic carbocycles. The molecular weight excluding hydrogens is 482 g/mol. The number of sulfonamides is 1. The molecule has 1 N–H and O–H groups in total. The van der Waals surface area contributed by atoms with Gasteiger partial charge in [0.1, 0.15) is 16.7 Å². The molecule has 0 radical (unpaired) electrons. The Kier molecular flexibility index (Phi) is 8.73. The molecule has 2 atom stereocenters. The molecule has 1 heterocycles. The van der Waals surface area contributed by atoms with Crippen molar-refractivity contribution in [3.8, 4) is 5.75 Å². The highest BCUT2D eigenvalue weighted by Gasteiger charge is 2.40. The van der Waals surface area contributed by atoms with Gasteiger partial charge in [-0.1, -0.05) is 31.2 Å². The number of methoxy groups -OCH3 is 1. The third-order valence-electron chi connectivity index (χ3n) is 6.34. The first-order valence-electron chi connectivity index (χ1n) is 12.0. The zero-order valence-corrected chi connectivity index (χ0v) is 21.9. The van der Waals surface area contributed by atoms with Crippen molar-refractivity contribution in [2.45, 2.75) is 63.6 Å². The Labute approximate surface area is 212 Å². The van der Waals surface area contributed by atoms with E-state index in [0.717, 1.165) is 16.3 Å². The van der Waals surface area contributed by atoms with Gasteiger partial charge in [-0.3, -0.25) is 14.4 Å². The highest BCUT2D eigenvalue weighted by atomic mass is 32.2. The number of ether oxygens (including phenoxy) is 1. The second-order valence-electron chi connectivity index (χ2n) is 8.85. The maximum Gasteiger partial charge on any atom is 0.269 e. The third kappa shape index (κ3) is 5.87. The number of nitrogens with zero attached hydrogens (tertiary/aromatic N) is 2. The number of carbonyl (C=O) groups is 3. The smallest absolute Gasteiger partial charge is 0.269 e. The van der Waals surface area contributed by atoms with Gasteiger partial charge in [0.25, 0.3) is 15.9 Å². The number of carbonyl (C=O) groups excluding carboxylic acids is 3. The van der Waals surface area contributed by atoms with Gasteiger partial charge in [-0.05, 0) is 56.5 Å². The van der Waals surface area contributed by atoms with E-state index in [2.05, 4.69) is 5.32 Å². The molecule has 3 amide bonds. The summed E-state index contributed by atoms with van der Waals surface area (Å²) in [6.07, 6.45) is 0.870. The van der Waals surface area contributed by atoms with Crippen molar-refractivity contribution in [2.24, 2.45) is 0 Å². The molecule has 10 heteroatoms. The Morgan fingerprint density at radius 1 is 1.08 bits per heavy atom. The van der Waals surface area contributed by atoms with Gasteiger partial charge < -0.3 is 15.0 Å². The van der Waals surface area contributed by atoms with Crippen LogP contribution in [-0.2, 0) is 26.2 Å². The van der Waals surface area contributed by atoms with Crippen LogP contribution in [0.15, 0.2) is 53.4 Å². The summed E-state index contributed by atoms with van der Waals surface area (Å²) in [4.78, 5) is 40.2. The molecule has 194 valence electrons. The summed E-state index contributed by atoms with van der Waals surface area (Å²) >= 11 is 0. The van der Waals surface area contributed by atoms with Gasteiger partial charge in [-0.15, -0.1) is 0 Å². The van der Waals surface area contributed by atoms with E-state index in [0.29, 0.717) is 5.75 Å².